The van der Waals surface area contributed by atoms with Gasteiger partial charge in [0.2, 0.25) is 12.1 Å². The van der Waals surface area contributed by atoms with Crippen LogP contribution in [-0.4, -0.2) is 48.3 Å². The Morgan fingerprint density at radius 1 is 1.45 bits per heavy atom. The van der Waals surface area contributed by atoms with Crippen molar-refractivity contribution in [2.75, 3.05) is 23.0 Å². The number of halogens is 4. The van der Waals surface area contributed by atoms with Crippen molar-refractivity contribution < 1.29 is 31.1 Å². The van der Waals surface area contributed by atoms with Gasteiger partial charge in [0.1, 0.15) is 17.1 Å². The number of carbonyl (C=O) groups excluding carboxylic acids is 1. The summed E-state index contributed by atoms with van der Waals surface area (Å²) in [5.74, 6) is -4.90. The lowest BCUT2D eigenvalue weighted by atomic mass is 10.2. The number of aromatic nitrogens is 3. The van der Waals surface area contributed by atoms with E-state index in [1.165, 1.54) is 36.3 Å². The molecule has 0 saturated heterocycles. The van der Waals surface area contributed by atoms with Gasteiger partial charge < -0.3 is 10.1 Å². The lowest BCUT2D eigenvalue weighted by Gasteiger charge is -2.23. The predicted octanol–water partition coefficient (Wildman–Crippen LogP) is 2.13. The van der Waals surface area contributed by atoms with Crippen LogP contribution in [0.1, 0.15) is 13.8 Å². The minimum Gasteiger partial charge on any atom is -0.619 e. The van der Waals surface area contributed by atoms with Gasteiger partial charge >= 0.3 is 6.18 Å². The molecule has 2 aromatic rings. The summed E-state index contributed by atoms with van der Waals surface area (Å²) in [5, 5.41) is 15.3. The number of amides is 1. The summed E-state index contributed by atoms with van der Waals surface area (Å²) in [6.45, 7) is 2.90. The van der Waals surface area contributed by atoms with Gasteiger partial charge in [-0.3, -0.25) is 4.79 Å². The van der Waals surface area contributed by atoms with Gasteiger partial charge in [0, 0.05) is 18.5 Å². The zero-order chi connectivity index (χ0) is 22.0. The highest BCUT2D eigenvalue weighted by molar-refractivity contribution is 7.91. The summed E-state index contributed by atoms with van der Waals surface area (Å²) in [6.07, 6.45) is -1.03. The van der Waals surface area contributed by atoms with Gasteiger partial charge in [-0.25, -0.2) is 13.1 Å². The molecule has 29 heavy (non-hydrogen) atoms. The van der Waals surface area contributed by atoms with Gasteiger partial charge in [0.05, 0.1) is 11.9 Å². The summed E-state index contributed by atoms with van der Waals surface area (Å²) in [4.78, 5) is 13.8. The molecule has 0 saturated carbocycles. The summed E-state index contributed by atoms with van der Waals surface area (Å²) < 4.78 is 62.5. The first-order chi connectivity index (χ1) is 13.3. The largest absolute Gasteiger partial charge is 0.619 e. The third kappa shape index (κ3) is 6.07. The fourth-order valence-electron chi connectivity index (χ4n) is 2.71. The van der Waals surface area contributed by atoms with Gasteiger partial charge in [0.15, 0.2) is 21.2 Å². The average molecular weight is 455 g/mol. The van der Waals surface area contributed by atoms with Crippen LogP contribution in [0.5, 0.6) is 0 Å². The first-order valence-corrected chi connectivity index (χ1v) is 10.6. The maximum absolute atomic E-state index is 12.7. The molecular formula is C16H18ClF3N4O4S. The lowest BCUT2D eigenvalue weighted by Crippen LogP contribution is -2.39. The molecule has 2 heterocycles. The van der Waals surface area contributed by atoms with Crippen LogP contribution in [0.15, 0.2) is 30.7 Å². The second-order valence-electron chi connectivity index (χ2n) is 6.33. The lowest BCUT2D eigenvalue weighted by molar-refractivity contribution is -0.605. The molecule has 1 unspecified atom stereocenters. The second kappa shape index (κ2) is 8.57. The van der Waals surface area contributed by atoms with Crippen LogP contribution in [0.4, 0.5) is 18.9 Å². The maximum atomic E-state index is 12.7. The Morgan fingerprint density at radius 2 is 2.10 bits per heavy atom. The van der Waals surface area contributed by atoms with Crippen molar-refractivity contribution in [3.63, 3.8) is 0 Å². The van der Waals surface area contributed by atoms with E-state index in [1.54, 1.807) is 13.0 Å². The summed E-state index contributed by atoms with van der Waals surface area (Å²) in [7, 11) is -4.52. The van der Waals surface area contributed by atoms with E-state index in [-0.39, 0.29) is 17.4 Å². The number of anilines is 1. The molecule has 0 spiro atoms. The SMILES string of the molecule is CCN(C(=O)C(C)CS(=O)(=O)CC(F)(F)F)c1cn(-c2ccc[n+]([O-])c2)nc1Cl. The molecule has 0 aliphatic rings. The Balaban J connectivity index is 2.25. The van der Waals surface area contributed by atoms with Crippen LogP contribution in [0.25, 0.3) is 5.69 Å². The summed E-state index contributed by atoms with van der Waals surface area (Å²) in [6, 6.07) is 3.06. The van der Waals surface area contributed by atoms with Crippen LogP contribution in [0.2, 0.25) is 5.15 Å². The second-order valence-corrected chi connectivity index (χ2v) is 8.79. The minimum atomic E-state index is -4.88. The van der Waals surface area contributed by atoms with Crippen molar-refractivity contribution in [1.82, 2.24) is 9.78 Å². The quantitative estimate of drug-likeness (QED) is 0.471. The van der Waals surface area contributed by atoms with Crippen molar-refractivity contribution in [2.45, 2.75) is 20.0 Å². The van der Waals surface area contributed by atoms with Crippen LogP contribution in [-0.2, 0) is 14.6 Å². The molecule has 2 aromatic heterocycles. The van der Waals surface area contributed by atoms with Crippen molar-refractivity contribution in [1.29, 1.82) is 0 Å². The number of sulfone groups is 1. The summed E-state index contributed by atoms with van der Waals surface area (Å²) in [5.41, 5.74) is 0.500. The predicted molar refractivity (Wildman–Crippen MR) is 99.4 cm³/mol. The molecular weight excluding hydrogens is 437 g/mol. The normalized spacial score (nSPS) is 13.3. The highest BCUT2D eigenvalue weighted by atomic mass is 35.5. The molecule has 1 amide bonds. The molecule has 8 nitrogen and oxygen atoms in total. The van der Waals surface area contributed by atoms with Gasteiger partial charge in [-0.2, -0.15) is 23.0 Å². The fourth-order valence-corrected chi connectivity index (χ4v) is 4.46. The average Bonchev–Trinajstić information content (AvgIpc) is 2.94. The Morgan fingerprint density at radius 3 is 2.66 bits per heavy atom. The molecule has 0 aliphatic heterocycles. The fraction of sp³-hybridized carbons (Fsp3) is 0.438. The Kier molecular flexibility index (Phi) is 6.78. The third-order valence-corrected chi connectivity index (χ3v) is 5.90. The van der Waals surface area contributed by atoms with Gasteiger partial charge in [-0.05, 0) is 13.0 Å². The van der Waals surface area contributed by atoms with E-state index in [9.17, 15) is 31.6 Å². The number of hydrogen-bond acceptors (Lipinski definition) is 5. The Labute approximate surface area is 170 Å². The van der Waals surface area contributed by atoms with E-state index in [4.69, 9.17) is 11.6 Å². The zero-order valence-corrected chi connectivity index (χ0v) is 17.0. The van der Waals surface area contributed by atoms with Gasteiger partial charge in [-0.1, -0.05) is 18.5 Å². The number of alkyl halides is 3. The summed E-state index contributed by atoms with van der Waals surface area (Å²) >= 11 is 6.10. The molecule has 13 heteroatoms. The van der Waals surface area contributed by atoms with Crippen molar-refractivity contribution in [2.24, 2.45) is 5.92 Å². The van der Waals surface area contributed by atoms with E-state index < -0.39 is 39.3 Å². The van der Waals surface area contributed by atoms with Crippen molar-refractivity contribution in [3.8, 4) is 5.69 Å². The smallest absolute Gasteiger partial charge is 0.402 e. The molecule has 0 N–H and O–H groups in total. The standard InChI is InChI=1S/C16H18ClF3N4O4S/c1-3-23(15(25)11(2)9-29(27,28)10-16(18,19)20)13-8-24(21-14(13)17)12-5-4-6-22(26)7-12/h4-8,11H,3,9-10H2,1-2H3. The third-order valence-electron chi connectivity index (χ3n) is 3.86. The van der Waals surface area contributed by atoms with Crippen LogP contribution >= 0.6 is 11.6 Å². The van der Waals surface area contributed by atoms with Crippen LogP contribution in [0, 0.1) is 11.1 Å². The van der Waals surface area contributed by atoms with Crippen LogP contribution < -0.4 is 9.63 Å². The number of pyridine rings is 1. The topological polar surface area (TPSA) is 99.2 Å². The molecule has 0 fully saturated rings. The van der Waals surface area contributed by atoms with E-state index >= 15 is 0 Å². The molecule has 0 aromatic carbocycles. The monoisotopic (exact) mass is 454 g/mol. The molecule has 0 bridgehead atoms. The minimum absolute atomic E-state index is 0.0737. The van der Waals surface area contributed by atoms with E-state index in [0.29, 0.717) is 10.4 Å². The first-order valence-electron chi connectivity index (χ1n) is 8.36. The van der Waals surface area contributed by atoms with Gasteiger partial charge in [-0.15, -0.1) is 0 Å². The first kappa shape index (κ1) is 22.9. The highest BCUT2D eigenvalue weighted by Gasteiger charge is 2.37. The molecule has 1 atom stereocenters. The number of rotatable bonds is 7. The number of carbonyl (C=O) groups is 1. The molecule has 0 radical (unpaired) electrons. The van der Waals surface area contributed by atoms with Gasteiger partial charge in [0.25, 0.3) is 0 Å². The molecule has 0 aliphatic carbocycles. The molecule has 2 rings (SSSR count). The number of hydrogen-bond donors (Lipinski definition) is 0. The van der Waals surface area contributed by atoms with Crippen molar-refractivity contribution in [3.05, 3.63) is 41.1 Å². The Hall–Kier alpha value is -2.34. The van der Waals surface area contributed by atoms with E-state index in [1.807, 2.05) is 0 Å². The van der Waals surface area contributed by atoms with Crippen LogP contribution in [0.3, 0.4) is 0 Å². The van der Waals surface area contributed by atoms with E-state index in [2.05, 4.69) is 5.10 Å². The zero-order valence-electron chi connectivity index (χ0n) is 15.4. The highest BCUT2D eigenvalue weighted by Crippen LogP contribution is 2.27. The maximum Gasteiger partial charge on any atom is 0.402 e. The molecule has 160 valence electrons. The van der Waals surface area contributed by atoms with Crippen molar-refractivity contribution >= 4 is 33.0 Å². The Bertz CT molecular complexity index is 994. The number of nitrogens with zero attached hydrogens (tertiary/aromatic N) is 4. The van der Waals surface area contributed by atoms with E-state index in [0.717, 1.165) is 4.90 Å².